The third kappa shape index (κ3) is 6.33. The van der Waals surface area contributed by atoms with Crippen LogP contribution in [-0.2, 0) is 9.53 Å². The van der Waals surface area contributed by atoms with Gasteiger partial charge in [-0.1, -0.05) is 11.8 Å². The first-order valence-corrected chi connectivity index (χ1v) is 11.9. The van der Waals surface area contributed by atoms with Crippen molar-refractivity contribution in [1.29, 1.82) is 0 Å². The van der Waals surface area contributed by atoms with Crippen LogP contribution >= 0.6 is 11.8 Å². The number of fused-ring (bicyclic) bond motifs is 1. The van der Waals surface area contributed by atoms with Gasteiger partial charge < -0.3 is 30.3 Å². The lowest BCUT2D eigenvalue weighted by Gasteiger charge is -2.37. The Bertz CT molecular complexity index is 882. The van der Waals surface area contributed by atoms with Gasteiger partial charge in [-0.3, -0.25) is 14.7 Å². The molecule has 2 aliphatic heterocycles. The molecule has 2 fully saturated rings. The lowest BCUT2D eigenvalue weighted by molar-refractivity contribution is -0.274. The summed E-state index contributed by atoms with van der Waals surface area (Å²) in [6, 6.07) is 4.48. The number of carbonyl (C=O) groups excluding carboxylic acids is 1. The number of anilines is 1. The van der Waals surface area contributed by atoms with Crippen LogP contribution in [0.2, 0.25) is 0 Å². The zero-order valence-corrected chi connectivity index (χ0v) is 19.0. The molecule has 4 rings (SSSR count). The van der Waals surface area contributed by atoms with Gasteiger partial charge in [0.05, 0.1) is 31.3 Å². The molecule has 0 unspecified atom stereocenters. The van der Waals surface area contributed by atoms with Gasteiger partial charge in [0, 0.05) is 37.1 Å². The van der Waals surface area contributed by atoms with E-state index in [4.69, 9.17) is 4.74 Å². The molecule has 1 saturated carbocycles. The molecule has 9 nitrogen and oxygen atoms in total. The first kappa shape index (κ1) is 25.0. The smallest absolute Gasteiger partial charge is 0.406 e. The summed E-state index contributed by atoms with van der Waals surface area (Å²) in [5, 5.41) is 26.7. The number of aliphatic hydroxyl groups is 2. The zero-order valence-electron chi connectivity index (χ0n) is 18.2. The summed E-state index contributed by atoms with van der Waals surface area (Å²) in [5.74, 6) is -1.10. The Morgan fingerprint density at radius 1 is 1.24 bits per heavy atom. The highest BCUT2D eigenvalue weighted by molar-refractivity contribution is 8.15. The molecule has 0 radical (unpaired) electrons. The van der Waals surface area contributed by atoms with Gasteiger partial charge in [-0.05, 0) is 30.7 Å². The van der Waals surface area contributed by atoms with Gasteiger partial charge in [0.15, 0.2) is 5.17 Å². The van der Waals surface area contributed by atoms with Crippen LogP contribution in [0, 0.1) is 5.92 Å². The van der Waals surface area contributed by atoms with E-state index in [-0.39, 0.29) is 23.3 Å². The van der Waals surface area contributed by atoms with Crippen LogP contribution in [0.4, 0.5) is 18.9 Å². The molecule has 0 bridgehead atoms. The summed E-state index contributed by atoms with van der Waals surface area (Å²) in [5.41, 5.74) is 0.473. The second-order valence-electron chi connectivity index (χ2n) is 8.35. The van der Waals surface area contributed by atoms with Crippen molar-refractivity contribution in [3.05, 3.63) is 24.3 Å². The molecule has 1 amide bonds. The Hall–Kier alpha value is -2.06. The highest BCUT2D eigenvalue weighted by Crippen LogP contribution is 2.41. The molecule has 2 heterocycles. The Balaban J connectivity index is 1.34. The molecule has 5 atom stereocenters. The summed E-state index contributed by atoms with van der Waals surface area (Å²) < 4.78 is 46.2. The molecule has 1 aliphatic carbocycles. The average molecular weight is 505 g/mol. The van der Waals surface area contributed by atoms with Crippen LogP contribution < -0.4 is 15.4 Å². The maximum absolute atomic E-state index is 12.9. The standard InChI is InChI=1S/C21H27F3N4O5S/c22-21(23,24)33-13-3-1-12(2-4-13)26-20-27-16-17(30)15(29)11-14(18(16)34-20)19(31)25-5-6-28-7-9-32-10-8-28/h1-4,14-18,29-30H,5-11H2,(H,25,31)(H,26,27)/t14-,15+,16-,17-,18+/m0/s1. The van der Waals surface area contributed by atoms with E-state index in [0.29, 0.717) is 37.2 Å². The number of nitrogens with zero attached hydrogens (tertiary/aromatic N) is 2. The van der Waals surface area contributed by atoms with E-state index in [1.165, 1.54) is 36.0 Å². The number of ether oxygens (including phenoxy) is 2. The monoisotopic (exact) mass is 504 g/mol. The van der Waals surface area contributed by atoms with Crippen LogP contribution in [0.3, 0.4) is 0 Å². The molecule has 13 heteroatoms. The number of morpholine rings is 1. The highest BCUT2D eigenvalue weighted by Gasteiger charge is 2.50. The van der Waals surface area contributed by atoms with Crippen LogP contribution in [-0.4, -0.2) is 95.4 Å². The molecule has 0 aromatic heterocycles. The van der Waals surface area contributed by atoms with Gasteiger partial charge in [0.1, 0.15) is 11.9 Å². The van der Waals surface area contributed by atoms with Crippen molar-refractivity contribution in [2.45, 2.75) is 36.3 Å². The number of amidine groups is 1. The number of halogens is 3. The Morgan fingerprint density at radius 2 is 1.94 bits per heavy atom. The topological polar surface area (TPSA) is 116 Å². The van der Waals surface area contributed by atoms with Crippen molar-refractivity contribution in [2.75, 3.05) is 44.7 Å². The summed E-state index contributed by atoms with van der Waals surface area (Å²) in [7, 11) is 0. The molecule has 1 saturated heterocycles. The second kappa shape index (κ2) is 10.7. The molecular weight excluding hydrogens is 477 g/mol. The largest absolute Gasteiger partial charge is 0.573 e. The van der Waals surface area contributed by atoms with Crippen molar-refractivity contribution in [3.63, 3.8) is 0 Å². The number of nitrogens with one attached hydrogen (secondary N) is 2. The number of thioether (sulfide) groups is 1. The second-order valence-corrected chi connectivity index (χ2v) is 9.52. The summed E-state index contributed by atoms with van der Waals surface area (Å²) in [4.78, 5) is 19.6. The van der Waals surface area contributed by atoms with Gasteiger partial charge in [0.25, 0.3) is 0 Å². The van der Waals surface area contributed by atoms with Crippen molar-refractivity contribution >= 4 is 28.5 Å². The fourth-order valence-corrected chi connectivity index (χ4v) is 5.64. The van der Waals surface area contributed by atoms with Gasteiger partial charge >= 0.3 is 6.36 Å². The molecular formula is C21H27F3N4O5S. The predicted molar refractivity (Wildman–Crippen MR) is 120 cm³/mol. The average Bonchev–Trinajstić information content (AvgIpc) is 3.21. The van der Waals surface area contributed by atoms with E-state index in [1.54, 1.807) is 0 Å². The molecule has 188 valence electrons. The SMILES string of the molecule is O=C(NCCN1CCOCC1)[C@H]1C[C@@H](O)[C@H](O)[C@@H]2N=C(Nc3ccc(OC(F)(F)F)cc3)S[C@@H]21. The van der Waals surface area contributed by atoms with E-state index in [2.05, 4.69) is 25.3 Å². The number of amides is 1. The van der Waals surface area contributed by atoms with Crippen LogP contribution in [0.1, 0.15) is 6.42 Å². The minimum absolute atomic E-state index is 0.116. The molecule has 1 aromatic carbocycles. The molecule has 34 heavy (non-hydrogen) atoms. The van der Waals surface area contributed by atoms with Crippen LogP contribution in [0.25, 0.3) is 0 Å². The maximum Gasteiger partial charge on any atom is 0.573 e. The molecule has 3 aliphatic rings. The summed E-state index contributed by atoms with van der Waals surface area (Å²) >= 11 is 1.28. The number of hydrogen-bond acceptors (Lipinski definition) is 9. The first-order valence-electron chi connectivity index (χ1n) is 11.0. The number of rotatable bonds is 6. The highest BCUT2D eigenvalue weighted by atomic mass is 32.2. The molecule has 1 aromatic rings. The van der Waals surface area contributed by atoms with Crippen molar-refractivity contribution in [2.24, 2.45) is 10.9 Å². The van der Waals surface area contributed by atoms with Crippen LogP contribution in [0.5, 0.6) is 5.75 Å². The predicted octanol–water partition coefficient (Wildman–Crippen LogP) is 1.03. The van der Waals surface area contributed by atoms with Gasteiger partial charge in [-0.25, -0.2) is 0 Å². The number of carbonyl (C=O) groups is 1. The minimum atomic E-state index is -4.77. The van der Waals surface area contributed by atoms with E-state index in [0.717, 1.165) is 13.1 Å². The van der Waals surface area contributed by atoms with Crippen molar-refractivity contribution < 1.29 is 37.7 Å². The lowest BCUT2D eigenvalue weighted by atomic mass is 9.81. The zero-order chi connectivity index (χ0) is 24.3. The number of hydrogen-bond donors (Lipinski definition) is 4. The van der Waals surface area contributed by atoms with E-state index >= 15 is 0 Å². The first-order chi connectivity index (χ1) is 16.2. The Labute approximate surface area is 198 Å². The third-order valence-corrected chi connectivity index (χ3v) is 7.30. The minimum Gasteiger partial charge on any atom is -0.406 e. The maximum atomic E-state index is 12.9. The van der Waals surface area contributed by atoms with Crippen molar-refractivity contribution in [1.82, 2.24) is 10.2 Å². The number of aliphatic imine (C=N–C) groups is 1. The van der Waals surface area contributed by atoms with Gasteiger partial charge in [-0.15, -0.1) is 13.2 Å². The van der Waals surface area contributed by atoms with Gasteiger partial charge in [-0.2, -0.15) is 0 Å². The van der Waals surface area contributed by atoms with E-state index < -0.39 is 30.5 Å². The Morgan fingerprint density at radius 3 is 2.62 bits per heavy atom. The quantitative estimate of drug-likeness (QED) is 0.454. The normalized spacial score (nSPS) is 29.8. The molecule has 0 spiro atoms. The number of benzene rings is 1. The number of alkyl halides is 3. The molecule has 4 N–H and O–H groups in total. The van der Waals surface area contributed by atoms with E-state index in [9.17, 15) is 28.2 Å². The van der Waals surface area contributed by atoms with Crippen molar-refractivity contribution in [3.8, 4) is 5.75 Å². The summed E-state index contributed by atoms with van der Waals surface area (Å²) in [6.07, 6.45) is -6.86. The third-order valence-electron chi connectivity index (χ3n) is 5.99. The fourth-order valence-electron chi connectivity index (χ4n) is 4.26. The number of aliphatic hydroxyl groups excluding tert-OH is 2. The van der Waals surface area contributed by atoms with Crippen LogP contribution in [0.15, 0.2) is 29.3 Å². The van der Waals surface area contributed by atoms with Gasteiger partial charge in [0.2, 0.25) is 5.91 Å². The lowest BCUT2D eigenvalue weighted by Crippen LogP contribution is -2.54. The summed E-state index contributed by atoms with van der Waals surface area (Å²) in [6.45, 7) is 4.15. The Kier molecular flexibility index (Phi) is 7.87. The van der Waals surface area contributed by atoms with E-state index in [1.807, 2.05) is 0 Å². The fraction of sp³-hybridized carbons (Fsp3) is 0.619.